The van der Waals surface area contributed by atoms with Crippen LogP contribution in [0.2, 0.25) is 0 Å². The molecule has 0 fully saturated rings. The molecule has 2 aromatic heterocycles. The number of hydrogen-bond donors (Lipinski definition) is 1. The lowest BCUT2D eigenvalue weighted by atomic mass is 10.2. The third kappa shape index (κ3) is 2.59. The monoisotopic (exact) mass is 269 g/mol. The Labute approximate surface area is 116 Å². The van der Waals surface area contributed by atoms with E-state index in [1.807, 2.05) is 42.0 Å². The summed E-state index contributed by atoms with van der Waals surface area (Å²) in [6, 6.07) is 14.3. The molecule has 2 N–H and O–H groups in total. The lowest BCUT2D eigenvalue weighted by Gasteiger charge is -2.13. The SMILES string of the molecule is NC(c1cccs1)c1nccn1Cc1ccccc1. The summed E-state index contributed by atoms with van der Waals surface area (Å²) in [5, 5.41) is 2.04. The lowest BCUT2D eigenvalue weighted by molar-refractivity contribution is 0.680. The number of benzene rings is 1. The van der Waals surface area contributed by atoms with E-state index in [1.165, 1.54) is 5.56 Å². The fourth-order valence-corrected chi connectivity index (χ4v) is 2.83. The number of nitrogens with zero attached hydrogens (tertiary/aromatic N) is 2. The zero-order valence-electron chi connectivity index (χ0n) is 10.4. The minimum Gasteiger partial charge on any atom is -0.329 e. The molecular weight excluding hydrogens is 254 g/mol. The molecule has 2 heterocycles. The van der Waals surface area contributed by atoms with Gasteiger partial charge in [0.05, 0.1) is 6.04 Å². The summed E-state index contributed by atoms with van der Waals surface area (Å²) in [5.74, 6) is 0.909. The third-order valence-electron chi connectivity index (χ3n) is 3.07. The molecule has 0 saturated carbocycles. The van der Waals surface area contributed by atoms with Crippen LogP contribution in [0.15, 0.2) is 60.2 Å². The average molecular weight is 269 g/mol. The van der Waals surface area contributed by atoms with E-state index in [2.05, 4.69) is 27.8 Å². The van der Waals surface area contributed by atoms with E-state index >= 15 is 0 Å². The van der Waals surface area contributed by atoms with Crippen LogP contribution in [0.4, 0.5) is 0 Å². The van der Waals surface area contributed by atoms with Gasteiger partial charge in [0.15, 0.2) is 0 Å². The van der Waals surface area contributed by atoms with Crippen LogP contribution < -0.4 is 5.73 Å². The number of aromatic nitrogens is 2. The highest BCUT2D eigenvalue weighted by Gasteiger charge is 2.15. The summed E-state index contributed by atoms with van der Waals surface area (Å²) >= 11 is 1.67. The van der Waals surface area contributed by atoms with Gasteiger partial charge in [0, 0.05) is 23.8 Å². The van der Waals surface area contributed by atoms with Gasteiger partial charge in [0.2, 0.25) is 0 Å². The maximum absolute atomic E-state index is 6.29. The molecular formula is C15H15N3S. The van der Waals surface area contributed by atoms with Crippen molar-refractivity contribution in [3.63, 3.8) is 0 Å². The second-order valence-corrected chi connectivity index (χ2v) is 5.37. The zero-order valence-corrected chi connectivity index (χ0v) is 11.3. The smallest absolute Gasteiger partial charge is 0.131 e. The van der Waals surface area contributed by atoms with Gasteiger partial charge in [-0.15, -0.1) is 11.3 Å². The average Bonchev–Trinajstić information content (AvgIpc) is 3.10. The summed E-state index contributed by atoms with van der Waals surface area (Å²) in [6.07, 6.45) is 3.79. The number of rotatable bonds is 4. The third-order valence-corrected chi connectivity index (χ3v) is 4.03. The van der Waals surface area contributed by atoms with Crippen LogP contribution in [0, 0.1) is 0 Å². The molecule has 0 radical (unpaired) electrons. The minimum atomic E-state index is -0.154. The molecule has 0 spiro atoms. The minimum absolute atomic E-state index is 0.154. The Bertz CT molecular complexity index is 628. The van der Waals surface area contributed by atoms with Crippen molar-refractivity contribution >= 4 is 11.3 Å². The molecule has 0 aliphatic rings. The van der Waals surface area contributed by atoms with E-state index in [4.69, 9.17) is 5.73 Å². The van der Waals surface area contributed by atoms with Gasteiger partial charge in [0.1, 0.15) is 5.82 Å². The van der Waals surface area contributed by atoms with Gasteiger partial charge in [-0.2, -0.15) is 0 Å². The van der Waals surface area contributed by atoms with Crippen molar-refractivity contribution in [3.05, 3.63) is 76.5 Å². The Balaban J connectivity index is 1.87. The van der Waals surface area contributed by atoms with Crippen LogP contribution in [0.3, 0.4) is 0 Å². The standard InChI is InChI=1S/C15H15N3S/c16-14(13-7-4-10-19-13)15-17-8-9-18(15)11-12-5-2-1-3-6-12/h1-10,14H,11,16H2. The van der Waals surface area contributed by atoms with Crippen LogP contribution in [-0.4, -0.2) is 9.55 Å². The molecule has 1 aromatic carbocycles. The maximum atomic E-state index is 6.29. The number of imidazole rings is 1. The van der Waals surface area contributed by atoms with Gasteiger partial charge in [-0.1, -0.05) is 36.4 Å². The first-order valence-corrected chi connectivity index (χ1v) is 7.06. The van der Waals surface area contributed by atoms with E-state index in [-0.39, 0.29) is 6.04 Å². The van der Waals surface area contributed by atoms with E-state index in [0.717, 1.165) is 17.2 Å². The van der Waals surface area contributed by atoms with Gasteiger partial charge < -0.3 is 10.3 Å². The van der Waals surface area contributed by atoms with Crippen LogP contribution in [0.1, 0.15) is 22.3 Å². The van der Waals surface area contributed by atoms with E-state index in [9.17, 15) is 0 Å². The molecule has 96 valence electrons. The van der Waals surface area contributed by atoms with E-state index in [1.54, 1.807) is 11.3 Å². The quantitative estimate of drug-likeness (QED) is 0.791. The Morgan fingerprint density at radius 1 is 1.16 bits per heavy atom. The highest BCUT2D eigenvalue weighted by atomic mass is 32.1. The first kappa shape index (κ1) is 12.1. The van der Waals surface area contributed by atoms with Crippen LogP contribution in [0.5, 0.6) is 0 Å². The molecule has 0 saturated heterocycles. The Hall–Kier alpha value is -1.91. The number of thiophene rings is 1. The topological polar surface area (TPSA) is 43.8 Å². The van der Waals surface area contributed by atoms with Crippen molar-refractivity contribution in [2.24, 2.45) is 5.73 Å². The fourth-order valence-electron chi connectivity index (χ4n) is 2.11. The highest BCUT2D eigenvalue weighted by Crippen LogP contribution is 2.23. The van der Waals surface area contributed by atoms with Crippen molar-refractivity contribution in [1.29, 1.82) is 0 Å². The van der Waals surface area contributed by atoms with Gasteiger partial charge in [-0.25, -0.2) is 4.98 Å². The van der Waals surface area contributed by atoms with E-state index < -0.39 is 0 Å². The summed E-state index contributed by atoms with van der Waals surface area (Å²) in [5.41, 5.74) is 7.54. The molecule has 4 heteroatoms. The molecule has 1 atom stereocenters. The largest absolute Gasteiger partial charge is 0.329 e. The van der Waals surface area contributed by atoms with E-state index in [0.29, 0.717) is 0 Å². The second-order valence-electron chi connectivity index (χ2n) is 4.39. The normalized spacial score (nSPS) is 12.5. The second kappa shape index (κ2) is 5.38. The summed E-state index contributed by atoms with van der Waals surface area (Å²) < 4.78 is 2.11. The van der Waals surface area contributed by atoms with Crippen molar-refractivity contribution in [2.75, 3.05) is 0 Å². The molecule has 19 heavy (non-hydrogen) atoms. The Morgan fingerprint density at radius 3 is 2.74 bits per heavy atom. The van der Waals surface area contributed by atoms with Gasteiger partial charge in [-0.3, -0.25) is 0 Å². The van der Waals surface area contributed by atoms with Gasteiger partial charge in [0.25, 0.3) is 0 Å². The lowest BCUT2D eigenvalue weighted by Crippen LogP contribution is -2.17. The first-order chi connectivity index (χ1) is 9.34. The van der Waals surface area contributed by atoms with Crippen LogP contribution >= 0.6 is 11.3 Å². The number of hydrogen-bond acceptors (Lipinski definition) is 3. The van der Waals surface area contributed by atoms with Crippen molar-refractivity contribution in [1.82, 2.24) is 9.55 Å². The molecule has 0 aliphatic heterocycles. The van der Waals surface area contributed by atoms with Crippen molar-refractivity contribution in [2.45, 2.75) is 12.6 Å². The maximum Gasteiger partial charge on any atom is 0.131 e. The molecule has 0 amide bonds. The predicted molar refractivity (Wildman–Crippen MR) is 78.1 cm³/mol. The molecule has 0 aliphatic carbocycles. The Morgan fingerprint density at radius 2 is 2.00 bits per heavy atom. The van der Waals surface area contributed by atoms with Gasteiger partial charge >= 0.3 is 0 Å². The molecule has 1 unspecified atom stereocenters. The fraction of sp³-hybridized carbons (Fsp3) is 0.133. The summed E-state index contributed by atoms with van der Waals surface area (Å²) in [4.78, 5) is 5.55. The zero-order chi connectivity index (χ0) is 13.1. The molecule has 3 aromatic rings. The van der Waals surface area contributed by atoms with Gasteiger partial charge in [-0.05, 0) is 17.0 Å². The van der Waals surface area contributed by atoms with Crippen LogP contribution in [-0.2, 0) is 6.54 Å². The molecule has 0 bridgehead atoms. The first-order valence-electron chi connectivity index (χ1n) is 6.18. The summed E-state index contributed by atoms with van der Waals surface area (Å²) in [7, 11) is 0. The van der Waals surface area contributed by atoms with Crippen LogP contribution in [0.25, 0.3) is 0 Å². The molecule has 3 rings (SSSR count). The van der Waals surface area contributed by atoms with Crippen molar-refractivity contribution in [3.8, 4) is 0 Å². The highest BCUT2D eigenvalue weighted by molar-refractivity contribution is 7.10. The predicted octanol–water partition coefficient (Wildman–Crippen LogP) is 3.04. The number of nitrogens with two attached hydrogens (primary N) is 1. The summed E-state index contributed by atoms with van der Waals surface area (Å²) in [6.45, 7) is 0.801. The Kier molecular flexibility index (Phi) is 3.44. The van der Waals surface area contributed by atoms with Crippen molar-refractivity contribution < 1.29 is 0 Å². The molecule has 3 nitrogen and oxygen atoms in total.